The van der Waals surface area contributed by atoms with Gasteiger partial charge in [-0.1, -0.05) is 12.1 Å². The van der Waals surface area contributed by atoms with Gasteiger partial charge in [0, 0.05) is 6.61 Å². The van der Waals surface area contributed by atoms with E-state index in [1.807, 2.05) is 0 Å². The van der Waals surface area contributed by atoms with Crippen LogP contribution in [0.2, 0.25) is 0 Å². The maximum atomic E-state index is 13.5. The molecule has 0 unspecified atom stereocenters. The van der Waals surface area contributed by atoms with E-state index in [9.17, 15) is 4.39 Å². The van der Waals surface area contributed by atoms with Crippen molar-refractivity contribution in [3.63, 3.8) is 0 Å². The van der Waals surface area contributed by atoms with Crippen LogP contribution in [0.3, 0.4) is 0 Å². The van der Waals surface area contributed by atoms with E-state index in [0.29, 0.717) is 18.1 Å². The summed E-state index contributed by atoms with van der Waals surface area (Å²) in [6.45, 7) is 0.710. The van der Waals surface area contributed by atoms with E-state index in [1.54, 1.807) is 18.2 Å². The van der Waals surface area contributed by atoms with Crippen LogP contribution in [0.5, 0.6) is 0 Å². The van der Waals surface area contributed by atoms with Crippen molar-refractivity contribution >= 4 is 0 Å². The zero-order valence-electron chi connectivity index (χ0n) is 9.10. The molecule has 3 rings (SSSR count). The molecule has 1 aliphatic rings. The summed E-state index contributed by atoms with van der Waals surface area (Å²) in [5.41, 5.74) is 0.323. The standard InChI is InChI=1S/C12H11FN2O2/c13-9-5-2-1-4-8(9)11-14-15-12(17-11)10-6-3-7-16-10/h1-2,4-5,10H,3,6-7H2/t10-/m0/s1. The number of ether oxygens (including phenoxy) is 1. The highest BCUT2D eigenvalue weighted by Gasteiger charge is 2.24. The quantitative estimate of drug-likeness (QED) is 0.801. The van der Waals surface area contributed by atoms with Crippen molar-refractivity contribution in [3.8, 4) is 11.5 Å². The molecule has 1 fully saturated rings. The van der Waals surface area contributed by atoms with E-state index in [-0.39, 0.29) is 17.8 Å². The molecule has 17 heavy (non-hydrogen) atoms. The Morgan fingerprint density at radius 3 is 2.88 bits per heavy atom. The zero-order chi connectivity index (χ0) is 11.7. The highest BCUT2D eigenvalue weighted by atomic mass is 19.1. The average molecular weight is 234 g/mol. The number of nitrogens with zero attached hydrogens (tertiary/aromatic N) is 2. The average Bonchev–Trinajstić information content (AvgIpc) is 3.00. The van der Waals surface area contributed by atoms with Crippen LogP contribution >= 0.6 is 0 Å². The number of aromatic nitrogens is 2. The molecule has 1 aliphatic heterocycles. The lowest BCUT2D eigenvalue weighted by atomic mass is 10.2. The molecule has 1 aromatic carbocycles. The van der Waals surface area contributed by atoms with Gasteiger partial charge in [-0.25, -0.2) is 4.39 Å². The number of rotatable bonds is 2. The van der Waals surface area contributed by atoms with E-state index in [2.05, 4.69) is 10.2 Å². The van der Waals surface area contributed by atoms with Crippen LogP contribution in [0.4, 0.5) is 4.39 Å². The van der Waals surface area contributed by atoms with Gasteiger partial charge in [0.1, 0.15) is 11.9 Å². The predicted octanol–water partition coefficient (Wildman–Crippen LogP) is 2.73. The fraction of sp³-hybridized carbons (Fsp3) is 0.333. The van der Waals surface area contributed by atoms with Crippen molar-refractivity contribution in [3.05, 3.63) is 36.0 Å². The Balaban J connectivity index is 1.92. The Kier molecular flexibility index (Phi) is 2.60. The number of benzene rings is 1. The largest absolute Gasteiger partial charge is 0.418 e. The first kappa shape index (κ1) is 10.4. The molecule has 0 aliphatic carbocycles. The Bertz CT molecular complexity index is 521. The molecule has 2 heterocycles. The van der Waals surface area contributed by atoms with Gasteiger partial charge in [0.2, 0.25) is 5.89 Å². The predicted molar refractivity (Wildman–Crippen MR) is 57.6 cm³/mol. The van der Waals surface area contributed by atoms with Gasteiger partial charge in [-0.3, -0.25) is 0 Å². The summed E-state index contributed by atoms with van der Waals surface area (Å²) in [6.07, 6.45) is 1.73. The third kappa shape index (κ3) is 1.93. The molecule has 1 saturated heterocycles. The topological polar surface area (TPSA) is 48.2 Å². The minimum Gasteiger partial charge on any atom is -0.418 e. The van der Waals surface area contributed by atoms with E-state index in [1.165, 1.54) is 6.07 Å². The summed E-state index contributed by atoms with van der Waals surface area (Å²) >= 11 is 0. The van der Waals surface area contributed by atoms with E-state index in [0.717, 1.165) is 12.8 Å². The Labute approximate surface area is 97.4 Å². The van der Waals surface area contributed by atoms with Gasteiger partial charge in [-0.15, -0.1) is 10.2 Å². The molecule has 0 radical (unpaired) electrons. The van der Waals surface area contributed by atoms with Gasteiger partial charge in [-0.2, -0.15) is 0 Å². The molecule has 0 amide bonds. The van der Waals surface area contributed by atoms with Crippen LogP contribution in [0.1, 0.15) is 24.8 Å². The van der Waals surface area contributed by atoms with Crippen molar-refractivity contribution in [2.24, 2.45) is 0 Å². The normalized spacial score (nSPS) is 19.7. The van der Waals surface area contributed by atoms with Crippen LogP contribution in [0.25, 0.3) is 11.5 Å². The molecule has 4 nitrogen and oxygen atoms in total. The minimum atomic E-state index is -0.366. The summed E-state index contributed by atoms with van der Waals surface area (Å²) in [5, 5.41) is 7.76. The second kappa shape index (κ2) is 4.25. The van der Waals surface area contributed by atoms with Crippen LogP contribution in [0, 0.1) is 5.82 Å². The fourth-order valence-corrected chi connectivity index (χ4v) is 1.88. The molecular formula is C12H11FN2O2. The summed E-state index contributed by atoms with van der Waals surface area (Å²) < 4.78 is 24.4. The van der Waals surface area contributed by atoms with Crippen LogP contribution < -0.4 is 0 Å². The second-order valence-corrected chi connectivity index (χ2v) is 3.93. The van der Waals surface area contributed by atoms with Gasteiger partial charge in [0.15, 0.2) is 0 Å². The fourth-order valence-electron chi connectivity index (χ4n) is 1.88. The monoisotopic (exact) mass is 234 g/mol. The van der Waals surface area contributed by atoms with Crippen molar-refractivity contribution in [2.75, 3.05) is 6.61 Å². The first-order chi connectivity index (χ1) is 8.34. The summed E-state index contributed by atoms with van der Waals surface area (Å²) in [5.74, 6) is 0.268. The highest BCUT2D eigenvalue weighted by molar-refractivity contribution is 5.53. The van der Waals surface area contributed by atoms with E-state index in [4.69, 9.17) is 9.15 Å². The maximum Gasteiger partial charge on any atom is 0.250 e. The molecule has 0 saturated carbocycles. The van der Waals surface area contributed by atoms with Gasteiger partial charge in [0.05, 0.1) is 5.56 Å². The number of halogens is 1. The zero-order valence-corrected chi connectivity index (χ0v) is 9.10. The van der Waals surface area contributed by atoms with Crippen LogP contribution in [0.15, 0.2) is 28.7 Å². The molecule has 1 atom stereocenters. The molecule has 1 aromatic heterocycles. The van der Waals surface area contributed by atoms with Crippen molar-refractivity contribution in [1.29, 1.82) is 0 Å². The van der Waals surface area contributed by atoms with Crippen molar-refractivity contribution < 1.29 is 13.5 Å². The lowest BCUT2D eigenvalue weighted by Crippen LogP contribution is -1.95. The third-order valence-electron chi connectivity index (χ3n) is 2.75. The van der Waals surface area contributed by atoms with E-state index >= 15 is 0 Å². The summed E-state index contributed by atoms with van der Waals surface area (Å²) in [7, 11) is 0. The van der Waals surface area contributed by atoms with Gasteiger partial charge in [0.25, 0.3) is 5.89 Å². The summed E-state index contributed by atoms with van der Waals surface area (Å²) in [6, 6.07) is 6.33. The lowest BCUT2D eigenvalue weighted by molar-refractivity contribution is 0.0896. The number of hydrogen-bond acceptors (Lipinski definition) is 4. The molecule has 2 aromatic rings. The highest BCUT2D eigenvalue weighted by Crippen LogP contribution is 2.30. The SMILES string of the molecule is Fc1ccccc1-c1nnc([C@@H]2CCCO2)o1. The van der Waals surface area contributed by atoms with Crippen LogP contribution in [-0.2, 0) is 4.74 Å². The Hall–Kier alpha value is -1.75. The maximum absolute atomic E-state index is 13.5. The summed E-state index contributed by atoms with van der Waals surface area (Å²) in [4.78, 5) is 0. The molecular weight excluding hydrogens is 223 g/mol. The molecule has 0 N–H and O–H groups in total. The van der Waals surface area contributed by atoms with Gasteiger partial charge >= 0.3 is 0 Å². The van der Waals surface area contributed by atoms with E-state index < -0.39 is 0 Å². The Morgan fingerprint density at radius 1 is 1.24 bits per heavy atom. The number of hydrogen-bond donors (Lipinski definition) is 0. The lowest BCUT2D eigenvalue weighted by Gasteiger charge is -2.01. The minimum absolute atomic E-state index is 0.136. The van der Waals surface area contributed by atoms with Crippen LogP contribution in [-0.4, -0.2) is 16.8 Å². The third-order valence-corrected chi connectivity index (χ3v) is 2.75. The Morgan fingerprint density at radius 2 is 2.12 bits per heavy atom. The van der Waals surface area contributed by atoms with Gasteiger partial charge < -0.3 is 9.15 Å². The molecule has 5 heteroatoms. The molecule has 0 spiro atoms. The molecule has 0 bridgehead atoms. The smallest absolute Gasteiger partial charge is 0.250 e. The first-order valence-electron chi connectivity index (χ1n) is 5.54. The van der Waals surface area contributed by atoms with Crippen molar-refractivity contribution in [1.82, 2.24) is 10.2 Å². The van der Waals surface area contributed by atoms with Crippen molar-refractivity contribution in [2.45, 2.75) is 18.9 Å². The molecule has 88 valence electrons. The first-order valence-corrected chi connectivity index (χ1v) is 5.54. The van der Waals surface area contributed by atoms with Gasteiger partial charge in [-0.05, 0) is 25.0 Å². The second-order valence-electron chi connectivity index (χ2n) is 3.93.